The van der Waals surface area contributed by atoms with E-state index in [1.165, 1.54) is 17.6 Å². The molecule has 2 nitrogen and oxygen atoms in total. The van der Waals surface area contributed by atoms with Crippen LogP contribution in [0.15, 0.2) is 35.7 Å². The van der Waals surface area contributed by atoms with Crippen LogP contribution < -0.4 is 5.32 Å². The predicted octanol–water partition coefficient (Wildman–Crippen LogP) is 1.93. The fraction of sp³-hybridized carbons (Fsp3) is 0.417. The van der Waals surface area contributed by atoms with E-state index in [4.69, 9.17) is 0 Å². The minimum atomic E-state index is 1.04. The molecule has 0 saturated carbocycles. The molecule has 1 N–H and O–H groups in total. The number of pyridine rings is 1. The summed E-state index contributed by atoms with van der Waals surface area (Å²) in [5, 5.41) is 3.41. The predicted molar refractivity (Wildman–Crippen MR) is 58.1 cm³/mol. The Kier molecular flexibility index (Phi) is 2.94. The summed E-state index contributed by atoms with van der Waals surface area (Å²) in [5.41, 5.74) is 4.39. The highest BCUT2D eigenvalue weighted by Crippen LogP contribution is 2.15. The molecule has 1 aromatic heterocycles. The molecular weight excluding hydrogens is 172 g/mol. The molecule has 0 aromatic carbocycles. The van der Waals surface area contributed by atoms with Crippen LogP contribution in [0.3, 0.4) is 0 Å². The summed E-state index contributed by atoms with van der Waals surface area (Å²) in [6.07, 6.45) is 6.01. The van der Waals surface area contributed by atoms with Crippen LogP contribution in [0.25, 0.3) is 0 Å². The van der Waals surface area contributed by atoms with Crippen molar-refractivity contribution in [1.82, 2.24) is 10.3 Å². The van der Waals surface area contributed by atoms with Crippen LogP contribution in [0.4, 0.5) is 0 Å². The number of rotatable bonds is 2. The van der Waals surface area contributed by atoms with Gasteiger partial charge in [-0.1, -0.05) is 17.2 Å². The van der Waals surface area contributed by atoms with Gasteiger partial charge in [0.25, 0.3) is 0 Å². The first kappa shape index (κ1) is 9.41. The Hall–Kier alpha value is -1.15. The molecular formula is C12H16N2. The van der Waals surface area contributed by atoms with Gasteiger partial charge in [-0.2, -0.15) is 0 Å². The van der Waals surface area contributed by atoms with E-state index in [-0.39, 0.29) is 0 Å². The molecule has 1 aliphatic rings. The lowest BCUT2D eigenvalue weighted by atomic mass is 9.97. The normalized spacial score (nSPS) is 17.2. The molecule has 14 heavy (non-hydrogen) atoms. The molecule has 0 saturated heterocycles. The van der Waals surface area contributed by atoms with Crippen LogP contribution in [0.2, 0.25) is 0 Å². The van der Waals surface area contributed by atoms with Gasteiger partial charge in [0.2, 0.25) is 0 Å². The van der Waals surface area contributed by atoms with Crippen LogP contribution >= 0.6 is 0 Å². The van der Waals surface area contributed by atoms with Gasteiger partial charge in [-0.25, -0.2) is 0 Å². The molecule has 0 spiro atoms. The second-order valence-electron chi connectivity index (χ2n) is 3.85. The van der Waals surface area contributed by atoms with E-state index in [0.29, 0.717) is 0 Å². The fourth-order valence-corrected chi connectivity index (χ4v) is 1.81. The zero-order chi connectivity index (χ0) is 9.80. The Bertz CT molecular complexity index is 327. The molecule has 0 atom stereocenters. The van der Waals surface area contributed by atoms with Crippen molar-refractivity contribution < 1.29 is 0 Å². The quantitative estimate of drug-likeness (QED) is 0.717. The summed E-state index contributed by atoms with van der Waals surface area (Å²) >= 11 is 0. The monoisotopic (exact) mass is 188 g/mol. The highest BCUT2D eigenvalue weighted by Gasteiger charge is 2.08. The van der Waals surface area contributed by atoms with Gasteiger partial charge in [0.05, 0.1) is 0 Å². The van der Waals surface area contributed by atoms with Crippen molar-refractivity contribution in [2.24, 2.45) is 0 Å². The van der Waals surface area contributed by atoms with E-state index in [0.717, 1.165) is 19.5 Å². The van der Waals surface area contributed by atoms with Crippen molar-refractivity contribution >= 4 is 0 Å². The van der Waals surface area contributed by atoms with E-state index >= 15 is 0 Å². The van der Waals surface area contributed by atoms with Crippen molar-refractivity contribution in [3.63, 3.8) is 0 Å². The second kappa shape index (κ2) is 4.38. The summed E-state index contributed by atoms with van der Waals surface area (Å²) in [5.74, 6) is 0. The molecule has 0 fully saturated rings. The third kappa shape index (κ3) is 2.20. The fourth-order valence-electron chi connectivity index (χ4n) is 1.81. The van der Waals surface area contributed by atoms with Gasteiger partial charge < -0.3 is 5.32 Å². The summed E-state index contributed by atoms with van der Waals surface area (Å²) < 4.78 is 0. The van der Waals surface area contributed by atoms with Gasteiger partial charge >= 0.3 is 0 Å². The van der Waals surface area contributed by atoms with Gasteiger partial charge in [0.15, 0.2) is 0 Å². The lowest BCUT2D eigenvalue weighted by Crippen LogP contribution is -2.25. The molecule has 2 rings (SSSR count). The summed E-state index contributed by atoms with van der Waals surface area (Å²) in [7, 11) is 0. The molecule has 0 amide bonds. The summed E-state index contributed by atoms with van der Waals surface area (Å²) in [6, 6.07) is 4.14. The van der Waals surface area contributed by atoms with Crippen molar-refractivity contribution in [3.05, 3.63) is 41.2 Å². The minimum absolute atomic E-state index is 1.04. The maximum absolute atomic E-state index is 4.13. The topological polar surface area (TPSA) is 24.9 Å². The van der Waals surface area contributed by atoms with E-state index < -0.39 is 0 Å². The van der Waals surface area contributed by atoms with Gasteiger partial charge in [-0.05, 0) is 37.9 Å². The van der Waals surface area contributed by atoms with E-state index in [1.54, 1.807) is 5.57 Å². The third-order valence-corrected chi connectivity index (χ3v) is 2.76. The molecule has 1 aliphatic heterocycles. The molecule has 2 heteroatoms. The summed E-state index contributed by atoms with van der Waals surface area (Å²) in [4.78, 5) is 4.13. The first-order valence-electron chi connectivity index (χ1n) is 5.13. The largest absolute Gasteiger partial charge is 0.313 e. The average molecular weight is 188 g/mol. The molecule has 0 unspecified atom stereocenters. The Morgan fingerprint density at radius 1 is 1.50 bits per heavy atom. The number of nitrogens with zero attached hydrogens (tertiary/aromatic N) is 1. The first-order valence-corrected chi connectivity index (χ1v) is 5.13. The molecule has 2 heterocycles. The Morgan fingerprint density at radius 2 is 2.43 bits per heavy atom. The third-order valence-electron chi connectivity index (χ3n) is 2.76. The average Bonchev–Trinajstić information content (AvgIpc) is 2.23. The maximum atomic E-state index is 4.13. The molecule has 1 aromatic rings. The standard InChI is InChI=1S/C12H16N2/c1-10-4-6-14-9-12(10)7-11-3-2-5-13-8-11/h2-3,5,8,14H,4,6-7,9H2,1H3. The SMILES string of the molecule is CC1=C(Cc2cccnc2)CNCC1. The highest BCUT2D eigenvalue weighted by atomic mass is 14.9. The zero-order valence-corrected chi connectivity index (χ0v) is 8.59. The second-order valence-corrected chi connectivity index (χ2v) is 3.85. The molecule has 74 valence electrons. The molecule has 0 aliphatic carbocycles. The minimum Gasteiger partial charge on any atom is -0.313 e. The van der Waals surface area contributed by atoms with E-state index in [9.17, 15) is 0 Å². The number of hydrogen-bond donors (Lipinski definition) is 1. The van der Waals surface area contributed by atoms with Gasteiger partial charge in [-0.15, -0.1) is 0 Å². The van der Waals surface area contributed by atoms with Crippen molar-refractivity contribution in [1.29, 1.82) is 0 Å². The number of aromatic nitrogens is 1. The van der Waals surface area contributed by atoms with E-state index in [1.807, 2.05) is 18.5 Å². The van der Waals surface area contributed by atoms with Crippen molar-refractivity contribution in [2.75, 3.05) is 13.1 Å². The lowest BCUT2D eigenvalue weighted by molar-refractivity contribution is 0.664. The molecule has 0 radical (unpaired) electrons. The number of nitrogens with one attached hydrogen (secondary N) is 1. The van der Waals surface area contributed by atoms with E-state index in [2.05, 4.69) is 23.3 Å². The molecule has 0 bridgehead atoms. The Labute approximate surface area is 85.1 Å². The van der Waals surface area contributed by atoms with Crippen molar-refractivity contribution in [3.8, 4) is 0 Å². The van der Waals surface area contributed by atoms with Crippen molar-refractivity contribution in [2.45, 2.75) is 19.8 Å². The van der Waals surface area contributed by atoms with Crippen LogP contribution in [0.1, 0.15) is 18.9 Å². The first-order chi connectivity index (χ1) is 6.86. The van der Waals surface area contributed by atoms with Crippen LogP contribution in [-0.4, -0.2) is 18.1 Å². The highest BCUT2D eigenvalue weighted by molar-refractivity contribution is 5.25. The van der Waals surface area contributed by atoms with Crippen LogP contribution in [-0.2, 0) is 6.42 Å². The Morgan fingerprint density at radius 3 is 3.14 bits per heavy atom. The smallest absolute Gasteiger partial charge is 0.0303 e. The van der Waals surface area contributed by atoms with Crippen LogP contribution in [0, 0.1) is 0 Å². The van der Waals surface area contributed by atoms with Gasteiger partial charge in [0, 0.05) is 18.9 Å². The lowest BCUT2D eigenvalue weighted by Gasteiger charge is -2.18. The van der Waals surface area contributed by atoms with Gasteiger partial charge in [0.1, 0.15) is 0 Å². The van der Waals surface area contributed by atoms with Crippen LogP contribution in [0.5, 0.6) is 0 Å². The zero-order valence-electron chi connectivity index (χ0n) is 8.59. The number of hydrogen-bond acceptors (Lipinski definition) is 2. The Balaban J connectivity index is 2.10. The summed E-state index contributed by atoms with van der Waals surface area (Å²) in [6.45, 7) is 4.41. The maximum Gasteiger partial charge on any atom is 0.0303 e. The van der Waals surface area contributed by atoms with Gasteiger partial charge in [-0.3, -0.25) is 4.98 Å².